The summed E-state index contributed by atoms with van der Waals surface area (Å²) in [5.74, 6) is -0.326. The van der Waals surface area contributed by atoms with Gasteiger partial charge in [0.1, 0.15) is 10.7 Å². The molecule has 2 heterocycles. The fraction of sp³-hybridized carbons (Fsp3) is 0.348. The number of esters is 1. The Morgan fingerprint density at radius 1 is 1.20 bits per heavy atom. The number of ether oxygens (including phenoxy) is 1. The number of hydrogen-bond donors (Lipinski definition) is 1. The van der Waals surface area contributed by atoms with Crippen LogP contribution in [0.3, 0.4) is 0 Å². The second-order valence-electron chi connectivity index (χ2n) is 7.19. The van der Waals surface area contributed by atoms with Crippen molar-refractivity contribution < 1.29 is 9.53 Å². The first-order chi connectivity index (χ1) is 14.6. The van der Waals surface area contributed by atoms with Crippen LogP contribution in [0.5, 0.6) is 0 Å². The highest BCUT2D eigenvalue weighted by atomic mass is 32.1. The summed E-state index contributed by atoms with van der Waals surface area (Å²) in [5.41, 5.74) is 3.49. The van der Waals surface area contributed by atoms with E-state index in [1.54, 1.807) is 24.3 Å². The maximum absolute atomic E-state index is 13.0. The molecular formula is C23H25N3O3S. The summed E-state index contributed by atoms with van der Waals surface area (Å²) >= 11 is 1.55. The van der Waals surface area contributed by atoms with E-state index in [4.69, 9.17) is 4.74 Å². The number of thiophene rings is 1. The smallest absolute Gasteiger partial charge is 0.341 e. The SMILES string of the molecule is CCOC(=O)c1c(Nc2cc(-c3ccccc3)nn(CC)c2=O)sc2c1CCCC2. The fourth-order valence-corrected chi connectivity index (χ4v) is 5.08. The predicted octanol–water partition coefficient (Wildman–Crippen LogP) is 4.79. The lowest BCUT2D eigenvalue weighted by Gasteiger charge is -2.13. The zero-order valence-electron chi connectivity index (χ0n) is 17.2. The van der Waals surface area contributed by atoms with Gasteiger partial charge in [0, 0.05) is 17.0 Å². The van der Waals surface area contributed by atoms with Gasteiger partial charge in [-0.3, -0.25) is 4.79 Å². The molecule has 0 saturated carbocycles. The Bertz CT molecular complexity index is 1120. The molecule has 156 valence electrons. The van der Waals surface area contributed by atoms with Gasteiger partial charge in [-0.25, -0.2) is 9.48 Å². The average molecular weight is 424 g/mol. The Balaban J connectivity index is 1.80. The number of carbonyl (C=O) groups excluding carboxylic acids is 1. The Labute approximate surface area is 179 Å². The van der Waals surface area contributed by atoms with Crippen LogP contribution in [0.25, 0.3) is 11.3 Å². The van der Waals surface area contributed by atoms with Crippen molar-refractivity contribution in [2.75, 3.05) is 11.9 Å². The second-order valence-corrected chi connectivity index (χ2v) is 8.30. The number of nitrogens with zero attached hydrogens (tertiary/aromatic N) is 2. The van der Waals surface area contributed by atoms with Crippen LogP contribution >= 0.6 is 11.3 Å². The molecule has 1 aliphatic rings. The average Bonchev–Trinajstić information content (AvgIpc) is 3.14. The molecule has 0 radical (unpaired) electrons. The number of rotatable bonds is 6. The van der Waals surface area contributed by atoms with Crippen LogP contribution < -0.4 is 10.9 Å². The molecule has 1 aromatic carbocycles. The van der Waals surface area contributed by atoms with Crippen LogP contribution in [0, 0.1) is 0 Å². The number of aromatic nitrogens is 2. The minimum atomic E-state index is -0.326. The predicted molar refractivity (Wildman–Crippen MR) is 120 cm³/mol. The van der Waals surface area contributed by atoms with Gasteiger partial charge in [0.05, 0.1) is 17.9 Å². The quantitative estimate of drug-likeness (QED) is 0.577. The van der Waals surface area contributed by atoms with E-state index in [-0.39, 0.29) is 11.5 Å². The number of carbonyl (C=O) groups is 1. The van der Waals surface area contributed by atoms with Gasteiger partial charge in [-0.15, -0.1) is 11.3 Å². The Kier molecular flexibility index (Phi) is 5.99. The Morgan fingerprint density at radius 3 is 2.70 bits per heavy atom. The monoisotopic (exact) mass is 423 g/mol. The van der Waals surface area contributed by atoms with E-state index >= 15 is 0 Å². The van der Waals surface area contributed by atoms with Crippen molar-refractivity contribution in [3.05, 3.63) is 62.8 Å². The number of benzene rings is 1. The molecule has 30 heavy (non-hydrogen) atoms. The minimum absolute atomic E-state index is 0.210. The molecule has 0 unspecified atom stereocenters. The van der Waals surface area contributed by atoms with E-state index in [1.165, 1.54) is 9.56 Å². The zero-order chi connectivity index (χ0) is 21.1. The van der Waals surface area contributed by atoms with Gasteiger partial charge < -0.3 is 10.1 Å². The van der Waals surface area contributed by atoms with Gasteiger partial charge >= 0.3 is 5.97 Å². The molecular weight excluding hydrogens is 398 g/mol. The molecule has 0 aliphatic heterocycles. The summed E-state index contributed by atoms with van der Waals surface area (Å²) in [6.07, 6.45) is 4.00. The van der Waals surface area contributed by atoms with E-state index in [0.717, 1.165) is 36.8 Å². The number of aryl methyl sites for hydroxylation is 2. The Morgan fingerprint density at radius 2 is 1.97 bits per heavy atom. The van der Waals surface area contributed by atoms with Crippen LogP contribution in [0.1, 0.15) is 47.5 Å². The molecule has 0 spiro atoms. The van der Waals surface area contributed by atoms with E-state index < -0.39 is 0 Å². The normalized spacial score (nSPS) is 13.0. The summed E-state index contributed by atoms with van der Waals surface area (Å²) in [5, 5.41) is 8.44. The molecule has 0 saturated heterocycles. The summed E-state index contributed by atoms with van der Waals surface area (Å²) in [6.45, 7) is 4.47. The molecule has 0 amide bonds. The van der Waals surface area contributed by atoms with Crippen LogP contribution in [0.2, 0.25) is 0 Å². The van der Waals surface area contributed by atoms with Crippen molar-refractivity contribution in [1.82, 2.24) is 9.78 Å². The van der Waals surface area contributed by atoms with Gasteiger partial charge in [0.15, 0.2) is 0 Å². The highest BCUT2D eigenvalue weighted by Gasteiger charge is 2.27. The maximum atomic E-state index is 13.0. The molecule has 7 heteroatoms. The number of anilines is 2. The van der Waals surface area contributed by atoms with Gasteiger partial charge in [0.25, 0.3) is 5.56 Å². The third-order valence-corrected chi connectivity index (χ3v) is 6.45. The molecule has 0 fully saturated rings. The second kappa shape index (κ2) is 8.83. The van der Waals surface area contributed by atoms with Crippen molar-refractivity contribution in [2.45, 2.75) is 46.1 Å². The summed E-state index contributed by atoms with van der Waals surface area (Å²) in [6, 6.07) is 11.5. The van der Waals surface area contributed by atoms with Crippen molar-refractivity contribution in [2.24, 2.45) is 0 Å². The number of hydrogen-bond acceptors (Lipinski definition) is 6. The standard InChI is InChI=1S/C23H25N3O3S/c1-3-26-22(27)18(14-17(25-26)15-10-6-5-7-11-15)24-21-20(23(28)29-4-2)16-12-8-9-13-19(16)30-21/h5-7,10-11,14,24H,3-4,8-9,12-13H2,1-2H3. The first kappa shape index (κ1) is 20.3. The van der Waals surface area contributed by atoms with Crippen molar-refractivity contribution in [1.29, 1.82) is 0 Å². The molecule has 1 N–H and O–H groups in total. The van der Waals surface area contributed by atoms with Gasteiger partial charge in [-0.1, -0.05) is 30.3 Å². The van der Waals surface area contributed by atoms with Gasteiger partial charge in [-0.05, 0) is 51.2 Å². The number of fused-ring (bicyclic) bond motifs is 1. The summed E-state index contributed by atoms with van der Waals surface area (Å²) < 4.78 is 6.78. The molecule has 0 bridgehead atoms. The fourth-order valence-electron chi connectivity index (χ4n) is 3.79. The van der Waals surface area contributed by atoms with Crippen molar-refractivity contribution in [3.8, 4) is 11.3 Å². The highest BCUT2D eigenvalue weighted by Crippen LogP contribution is 2.39. The summed E-state index contributed by atoms with van der Waals surface area (Å²) in [4.78, 5) is 26.9. The molecule has 3 aromatic rings. The maximum Gasteiger partial charge on any atom is 0.341 e. The topological polar surface area (TPSA) is 73.2 Å². The molecule has 6 nitrogen and oxygen atoms in total. The summed E-state index contributed by atoms with van der Waals surface area (Å²) in [7, 11) is 0. The number of nitrogens with one attached hydrogen (secondary N) is 1. The van der Waals surface area contributed by atoms with Crippen LogP contribution in [-0.4, -0.2) is 22.4 Å². The third-order valence-electron chi connectivity index (χ3n) is 5.24. The van der Waals surface area contributed by atoms with Crippen LogP contribution in [0.15, 0.2) is 41.2 Å². The zero-order valence-corrected chi connectivity index (χ0v) is 18.1. The van der Waals surface area contributed by atoms with E-state index in [9.17, 15) is 9.59 Å². The van der Waals surface area contributed by atoms with Crippen LogP contribution in [-0.2, 0) is 24.1 Å². The largest absolute Gasteiger partial charge is 0.462 e. The Hall–Kier alpha value is -2.93. The molecule has 2 aromatic heterocycles. The van der Waals surface area contributed by atoms with Gasteiger partial charge in [-0.2, -0.15) is 5.10 Å². The lowest BCUT2D eigenvalue weighted by molar-refractivity contribution is 0.0526. The third kappa shape index (κ3) is 3.89. The van der Waals surface area contributed by atoms with E-state index in [1.807, 2.05) is 37.3 Å². The van der Waals surface area contributed by atoms with E-state index in [0.29, 0.717) is 35.1 Å². The first-order valence-corrected chi connectivity index (χ1v) is 11.2. The first-order valence-electron chi connectivity index (χ1n) is 10.4. The molecule has 0 atom stereocenters. The lowest BCUT2D eigenvalue weighted by Crippen LogP contribution is -2.25. The van der Waals surface area contributed by atoms with Crippen molar-refractivity contribution >= 4 is 28.0 Å². The van der Waals surface area contributed by atoms with Crippen LogP contribution in [0.4, 0.5) is 10.7 Å². The van der Waals surface area contributed by atoms with Gasteiger partial charge in [0.2, 0.25) is 0 Å². The van der Waals surface area contributed by atoms with E-state index in [2.05, 4.69) is 10.4 Å². The highest BCUT2D eigenvalue weighted by molar-refractivity contribution is 7.16. The molecule has 1 aliphatic carbocycles. The van der Waals surface area contributed by atoms with Crippen molar-refractivity contribution in [3.63, 3.8) is 0 Å². The molecule has 4 rings (SSSR count). The lowest BCUT2D eigenvalue weighted by atomic mass is 9.95. The minimum Gasteiger partial charge on any atom is -0.462 e.